The van der Waals surface area contributed by atoms with Gasteiger partial charge in [0.25, 0.3) is 0 Å². The fourth-order valence-corrected chi connectivity index (χ4v) is 1.90. The van der Waals surface area contributed by atoms with E-state index in [-0.39, 0.29) is 0 Å². The number of furan rings is 1. The van der Waals surface area contributed by atoms with Crippen LogP contribution in [0.2, 0.25) is 0 Å². The Bertz CT molecular complexity index is 485. The van der Waals surface area contributed by atoms with Crippen molar-refractivity contribution in [3.05, 3.63) is 53.5 Å². The summed E-state index contributed by atoms with van der Waals surface area (Å²) in [6, 6.07) is 9.78. The largest absolute Gasteiger partial charge is 0.497 e. The number of benzene rings is 1. The number of rotatable bonds is 5. The zero-order valence-corrected chi connectivity index (χ0v) is 10.7. The number of aliphatic hydroxyl groups excluding tert-OH is 1. The summed E-state index contributed by atoms with van der Waals surface area (Å²) >= 11 is 0. The Labute approximate surface area is 107 Å². The second-order valence-electron chi connectivity index (χ2n) is 4.39. The van der Waals surface area contributed by atoms with Gasteiger partial charge in [0.2, 0.25) is 0 Å². The molecule has 0 saturated carbocycles. The molecule has 0 saturated heterocycles. The first-order valence-corrected chi connectivity index (χ1v) is 6.05. The summed E-state index contributed by atoms with van der Waals surface area (Å²) in [4.78, 5) is 0. The van der Waals surface area contributed by atoms with Crippen LogP contribution in [0.25, 0.3) is 0 Å². The van der Waals surface area contributed by atoms with E-state index in [0.717, 1.165) is 23.5 Å². The monoisotopic (exact) mass is 246 g/mol. The van der Waals surface area contributed by atoms with Crippen molar-refractivity contribution in [3.63, 3.8) is 0 Å². The lowest BCUT2D eigenvalue weighted by Gasteiger charge is -2.08. The molecule has 1 atom stereocenters. The molecule has 0 aliphatic heterocycles. The molecule has 3 nitrogen and oxygen atoms in total. The Kier molecular flexibility index (Phi) is 4.05. The van der Waals surface area contributed by atoms with Crippen molar-refractivity contribution in [2.24, 2.45) is 0 Å². The fraction of sp³-hybridized carbons (Fsp3) is 0.333. The molecule has 96 valence electrons. The fourth-order valence-electron chi connectivity index (χ4n) is 1.90. The normalized spacial score (nSPS) is 12.4. The van der Waals surface area contributed by atoms with Crippen LogP contribution in [0.3, 0.4) is 0 Å². The number of hydrogen-bond donors (Lipinski definition) is 1. The molecule has 2 rings (SSSR count). The van der Waals surface area contributed by atoms with E-state index in [0.29, 0.717) is 6.42 Å². The molecule has 0 aliphatic carbocycles. The van der Waals surface area contributed by atoms with Crippen LogP contribution in [0.1, 0.15) is 29.4 Å². The average Bonchev–Trinajstić information content (AvgIpc) is 2.83. The van der Waals surface area contributed by atoms with E-state index in [4.69, 9.17) is 9.15 Å². The highest BCUT2D eigenvalue weighted by molar-refractivity contribution is 5.27. The number of aliphatic hydroxyl groups is 1. The molecule has 1 heterocycles. The molecule has 3 heteroatoms. The standard InChI is InChI=1S/C15H18O3/c1-11-9-13(10-18-11)15(16)8-5-12-3-6-14(17-2)7-4-12/h3-4,6-7,9-10,15-16H,5,8H2,1-2H3. The zero-order chi connectivity index (χ0) is 13.0. The number of aryl methyl sites for hydroxylation is 2. The van der Waals surface area contributed by atoms with Gasteiger partial charge in [-0.2, -0.15) is 0 Å². The highest BCUT2D eigenvalue weighted by Crippen LogP contribution is 2.21. The van der Waals surface area contributed by atoms with E-state index >= 15 is 0 Å². The second-order valence-corrected chi connectivity index (χ2v) is 4.39. The van der Waals surface area contributed by atoms with Crippen LogP contribution >= 0.6 is 0 Å². The summed E-state index contributed by atoms with van der Waals surface area (Å²) in [6.45, 7) is 1.87. The van der Waals surface area contributed by atoms with Crippen molar-refractivity contribution in [3.8, 4) is 5.75 Å². The van der Waals surface area contributed by atoms with Crippen LogP contribution in [0.15, 0.2) is 41.0 Å². The average molecular weight is 246 g/mol. The van der Waals surface area contributed by atoms with Gasteiger partial charge < -0.3 is 14.3 Å². The van der Waals surface area contributed by atoms with Crippen molar-refractivity contribution in [1.29, 1.82) is 0 Å². The lowest BCUT2D eigenvalue weighted by Crippen LogP contribution is -1.98. The molecule has 1 aromatic heterocycles. The van der Waals surface area contributed by atoms with E-state index < -0.39 is 6.10 Å². The van der Waals surface area contributed by atoms with Gasteiger partial charge in [0.1, 0.15) is 11.5 Å². The predicted octanol–water partition coefficient (Wildman–Crippen LogP) is 3.26. The topological polar surface area (TPSA) is 42.6 Å². The Morgan fingerprint density at radius 2 is 2.00 bits per heavy atom. The van der Waals surface area contributed by atoms with Crippen LogP contribution in [0.5, 0.6) is 5.75 Å². The number of hydrogen-bond acceptors (Lipinski definition) is 3. The van der Waals surface area contributed by atoms with Crippen molar-refractivity contribution >= 4 is 0 Å². The summed E-state index contributed by atoms with van der Waals surface area (Å²) < 4.78 is 10.3. The minimum Gasteiger partial charge on any atom is -0.497 e. The molecule has 0 amide bonds. The molecule has 18 heavy (non-hydrogen) atoms. The van der Waals surface area contributed by atoms with Gasteiger partial charge in [-0.3, -0.25) is 0 Å². The Hall–Kier alpha value is -1.74. The lowest BCUT2D eigenvalue weighted by molar-refractivity contribution is 0.167. The summed E-state index contributed by atoms with van der Waals surface area (Å²) in [5, 5.41) is 10.0. The van der Waals surface area contributed by atoms with Gasteiger partial charge in [0.05, 0.1) is 19.5 Å². The summed E-state index contributed by atoms with van der Waals surface area (Å²) in [5.41, 5.74) is 2.04. The maximum absolute atomic E-state index is 10.0. The maximum atomic E-state index is 10.0. The molecule has 1 aromatic carbocycles. The zero-order valence-electron chi connectivity index (χ0n) is 10.7. The summed E-state index contributed by atoms with van der Waals surface area (Å²) in [7, 11) is 1.65. The van der Waals surface area contributed by atoms with Crippen LogP contribution in [0.4, 0.5) is 0 Å². The highest BCUT2D eigenvalue weighted by atomic mass is 16.5. The van der Waals surface area contributed by atoms with Gasteiger partial charge in [-0.05, 0) is 43.5 Å². The Balaban J connectivity index is 1.90. The molecule has 0 fully saturated rings. The first-order chi connectivity index (χ1) is 8.69. The molecule has 2 aromatic rings. The molecule has 0 aliphatic rings. The van der Waals surface area contributed by atoms with Crippen molar-refractivity contribution in [2.75, 3.05) is 7.11 Å². The van der Waals surface area contributed by atoms with Gasteiger partial charge in [-0.25, -0.2) is 0 Å². The van der Waals surface area contributed by atoms with Crippen LogP contribution < -0.4 is 4.74 Å². The van der Waals surface area contributed by atoms with Crippen molar-refractivity contribution < 1.29 is 14.3 Å². The Morgan fingerprint density at radius 3 is 2.56 bits per heavy atom. The predicted molar refractivity (Wildman–Crippen MR) is 69.7 cm³/mol. The molecule has 0 spiro atoms. The smallest absolute Gasteiger partial charge is 0.118 e. The molecule has 1 unspecified atom stereocenters. The third-order valence-corrected chi connectivity index (χ3v) is 3.00. The number of ether oxygens (including phenoxy) is 1. The van der Waals surface area contributed by atoms with E-state index in [1.54, 1.807) is 13.4 Å². The molecule has 0 bridgehead atoms. The minimum absolute atomic E-state index is 0.468. The number of methoxy groups -OCH3 is 1. The van der Waals surface area contributed by atoms with Gasteiger partial charge >= 0.3 is 0 Å². The quantitative estimate of drug-likeness (QED) is 0.880. The van der Waals surface area contributed by atoms with E-state index in [2.05, 4.69) is 0 Å². The SMILES string of the molecule is COc1ccc(CCC(O)c2coc(C)c2)cc1. The van der Waals surface area contributed by atoms with Gasteiger partial charge in [0, 0.05) is 5.56 Å². The molecular weight excluding hydrogens is 228 g/mol. The van der Waals surface area contributed by atoms with Crippen LogP contribution in [-0.2, 0) is 6.42 Å². The minimum atomic E-state index is -0.468. The van der Waals surface area contributed by atoms with E-state index in [1.807, 2.05) is 37.3 Å². The van der Waals surface area contributed by atoms with Crippen LogP contribution in [-0.4, -0.2) is 12.2 Å². The van der Waals surface area contributed by atoms with Gasteiger partial charge in [-0.1, -0.05) is 12.1 Å². The van der Waals surface area contributed by atoms with E-state index in [1.165, 1.54) is 5.56 Å². The van der Waals surface area contributed by atoms with Gasteiger partial charge in [-0.15, -0.1) is 0 Å². The summed E-state index contributed by atoms with van der Waals surface area (Å²) in [6.07, 6.45) is 2.67. The van der Waals surface area contributed by atoms with Crippen molar-refractivity contribution in [2.45, 2.75) is 25.9 Å². The second kappa shape index (κ2) is 5.74. The van der Waals surface area contributed by atoms with Crippen LogP contribution in [0, 0.1) is 6.92 Å². The maximum Gasteiger partial charge on any atom is 0.118 e. The third-order valence-electron chi connectivity index (χ3n) is 3.00. The molecular formula is C15H18O3. The van der Waals surface area contributed by atoms with Gasteiger partial charge in [0.15, 0.2) is 0 Å². The Morgan fingerprint density at radius 1 is 1.28 bits per heavy atom. The third kappa shape index (κ3) is 3.14. The first-order valence-electron chi connectivity index (χ1n) is 6.05. The van der Waals surface area contributed by atoms with E-state index in [9.17, 15) is 5.11 Å². The van der Waals surface area contributed by atoms with Crippen molar-refractivity contribution in [1.82, 2.24) is 0 Å². The lowest BCUT2D eigenvalue weighted by atomic mass is 10.0. The molecule has 0 radical (unpaired) electrons. The molecule has 1 N–H and O–H groups in total. The first kappa shape index (κ1) is 12.7. The highest BCUT2D eigenvalue weighted by Gasteiger charge is 2.10. The summed E-state index contributed by atoms with van der Waals surface area (Å²) in [5.74, 6) is 1.68.